The molecule has 0 aromatic heterocycles. The van der Waals surface area contributed by atoms with E-state index in [2.05, 4.69) is 0 Å². The number of nitro benzene ring substituents is 1. The Morgan fingerprint density at radius 3 is 2.88 bits per heavy atom. The van der Waals surface area contributed by atoms with Crippen LogP contribution in [0.5, 0.6) is 0 Å². The summed E-state index contributed by atoms with van der Waals surface area (Å²) in [6.45, 7) is 0.317. The minimum Gasteiger partial charge on any atom is -0.373 e. The van der Waals surface area contributed by atoms with E-state index < -0.39 is 17.2 Å². The molecule has 86 valence electrons. The molecular formula is C11H12FNO3. The highest BCUT2D eigenvalue weighted by atomic mass is 19.1. The normalized spacial score (nSPS) is 25.3. The molecular weight excluding hydrogens is 213 g/mol. The summed E-state index contributed by atoms with van der Waals surface area (Å²) in [5.41, 5.74) is 0.469. The molecule has 2 atom stereocenters. The Balaban J connectivity index is 2.28. The van der Waals surface area contributed by atoms with Crippen molar-refractivity contribution >= 4 is 5.69 Å². The van der Waals surface area contributed by atoms with Crippen LogP contribution in [0.25, 0.3) is 0 Å². The van der Waals surface area contributed by atoms with E-state index in [-0.39, 0.29) is 12.1 Å². The molecule has 5 heteroatoms. The molecule has 0 unspecified atom stereocenters. The van der Waals surface area contributed by atoms with Gasteiger partial charge in [-0.3, -0.25) is 10.1 Å². The number of nitro groups is 1. The molecule has 0 aliphatic carbocycles. The van der Waals surface area contributed by atoms with Crippen LogP contribution in [0.3, 0.4) is 0 Å². The van der Waals surface area contributed by atoms with Crippen molar-refractivity contribution in [2.24, 2.45) is 0 Å². The summed E-state index contributed by atoms with van der Waals surface area (Å²) in [5, 5.41) is 10.8. The van der Waals surface area contributed by atoms with Crippen LogP contribution in [0.2, 0.25) is 0 Å². The maximum absolute atomic E-state index is 13.2. The molecule has 4 nitrogen and oxygen atoms in total. The van der Waals surface area contributed by atoms with Crippen molar-refractivity contribution in [3.63, 3.8) is 0 Å². The van der Waals surface area contributed by atoms with E-state index in [1.807, 2.05) is 0 Å². The second kappa shape index (κ2) is 4.57. The van der Waals surface area contributed by atoms with Gasteiger partial charge in [-0.1, -0.05) is 12.1 Å². The molecule has 0 radical (unpaired) electrons. The van der Waals surface area contributed by atoms with Gasteiger partial charge in [0.2, 0.25) is 0 Å². The fourth-order valence-electron chi connectivity index (χ4n) is 1.90. The molecule has 1 aliphatic heterocycles. The highest BCUT2D eigenvalue weighted by molar-refractivity contribution is 5.41. The van der Waals surface area contributed by atoms with Crippen molar-refractivity contribution in [3.8, 4) is 0 Å². The number of hydrogen-bond donors (Lipinski definition) is 0. The van der Waals surface area contributed by atoms with Crippen LogP contribution in [-0.4, -0.2) is 17.7 Å². The largest absolute Gasteiger partial charge is 0.373 e. The average molecular weight is 225 g/mol. The van der Waals surface area contributed by atoms with Gasteiger partial charge < -0.3 is 4.74 Å². The molecule has 0 spiro atoms. The second-order valence-corrected chi connectivity index (χ2v) is 3.80. The summed E-state index contributed by atoms with van der Waals surface area (Å²) in [7, 11) is 0. The standard InChI is InChI=1S/C11H12FNO3/c12-8-5-6-16-11(7-8)9-3-1-2-4-10(9)13(14)15/h1-4,8,11H,5-7H2/t8-,11+/m0/s1. The lowest BCUT2D eigenvalue weighted by molar-refractivity contribution is -0.386. The Kier molecular flexibility index (Phi) is 3.14. The molecule has 16 heavy (non-hydrogen) atoms. The summed E-state index contributed by atoms with van der Waals surface area (Å²) in [6, 6.07) is 6.34. The van der Waals surface area contributed by atoms with E-state index in [1.165, 1.54) is 6.07 Å². The van der Waals surface area contributed by atoms with Crippen LogP contribution >= 0.6 is 0 Å². The first-order valence-electron chi connectivity index (χ1n) is 5.17. The molecule has 1 saturated heterocycles. The molecule has 1 fully saturated rings. The molecule has 0 amide bonds. The number of rotatable bonds is 2. The van der Waals surface area contributed by atoms with Crippen LogP contribution in [0, 0.1) is 10.1 Å². The highest BCUT2D eigenvalue weighted by Crippen LogP contribution is 2.34. The van der Waals surface area contributed by atoms with E-state index >= 15 is 0 Å². The first-order chi connectivity index (χ1) is 7.68. The minimum atomic E-state index is -0.932. The molecule has 2 rings (SSSR count). The van der Waals surface area contributed by atoms with Gasteiger partial charge >= 0.3 is 0 Å². The Bertz CT molecular complexity index is 397. The van der Waals surface area contributed by atoms with Gasteiger partial charge in [-0.2, -0.15) is 0 Å². The number of nitrogens with zero attached hydrogens (tertiary/aromatic N) is 1. The van der Waals surface area contributed by atoms with Crippen molar-refractivity contribution in [1.82, 2.24) is 0 Å². The van der Waals surface area contributed by atoms with Crippen molar-refractivity contribution in [2.45, 2.75) is 25.1 Å². The first-order valence-corrected chi connectivity index (χ1v) is 5.17. The third-order valence-corrected chi connectivity index (χ3v) is 2.70. The minimum absolute atomic E-state index is 0.00148. The summed E-state index contributed by atoms with van der Waals surface area (Å²) in [5.74, 6) is 0. The predicted molar refractivity (Wildman–Crippen MR) is 55.9 cm³/mol. The van der Waals surface area contributed by atoms with E-state index in [0.29, 0.717) is 18.6 Å². The van der Waals surface area contributed by atoms with Crippen molar-refractivity contribution in [1.29, 1.82) is 0 Å². The van der Waals surface area contributed by atoms with Crippen molar-refractivity contribution < 1.29 is 14.1 Å². The second-order valence-electron chi connectivity index (χ2n) is 3.80. The Labute approximate surface area is 92.2 Å². The van der Waals surface area contributed by atoms with Crippen LogP contribution < -0.4 is 0 Å². The fourth-order valence-corrected chi connectivity index (χ4v) is 1.90. The lowest BCUT2D eigenvalue weighted by atomic mass is 9.99. The van der Waals surface area contributed by atoms with Gasteiger partial charge in [0.1, 0.15) is 6.17 Å². The molecule has 1 heterocycles. The lowest BCUT2D eigenvalue weighted by Crippen LogP contribution is -2.21. The van der Waals surface area contributed by atoms with Gasteiger partial charge in [0.15, 0.2) is 0 Å². The molecule has 0 N–H and O–H groups in total. The van der Waals surface area contributed by atoms with Gasteiger partial charge in [0.25, 0.3) is 5.69 Å². The van der Waals surface area contributed by atoms with E-state index in [9.17, 15) is 14.5 Å². The van der Waals surface area contributed by atoms with E-state index in [1.54, 1.807) is 18.2 Å². The van der Waals surface area contributed by atoms with Gasteiger partial charge in [0, 0.05) is 18.9 Å². The zero-order valence-corrected chi connectivity index (χ0v) is 8.64. The zero-order chi connectivity index (χ0) is 11.5. The summed E-state index contributed by atoms with van der Waals surface area (Å²) < 4.78 is 18.6. The smallest absolute Gasteiger partial charge is 0.275 e. The SMILES string of the molecule is O=[N+]([O-])c1ccccc1[C@H]1C[C@@H](F)CCO1. The van der Waals surface area contributed by atoms with Gasteiger partial charge in [-0.15, -0.1) is 0 Å². The quantitative estimate of drug-likeness (QED) is 0.574. The maximum Gasteiger partial charge on any atom is 0.275 e. The number of ether oxygens (including phenoxy) is 1. The molecule has 0 bridgehead atoms. The fraction of sp³-hybridized carbons (Fsp3) is 0.455. The third-order valence-electron chi connectivity index (χ3n) is 2.70. The van der Waals surface area contributed by atoms with Gasteiger partial charge in [-0.25, -0.2) is 4.39 Å². The molecule has 1 aromatic rings. The van der Waals surface area contributed by atoms with E-state index in [4.69, 9.17) is 4.74 Å². The number of benzene rings is 1. The predicted octanol–water partition coefficient (Wildman–Crippen LogP) is 2.78. The van der Waals surface area contributed by atoms with Crippen LogP contribution in [0.4, 0.5) is 10.1 Å². The van der Waals surface area contributed by atoms with Crippen molar-refractivity contribution in [3.05, 3.63) is 39.9 Å². The zero-order valence-electron chi connectivity index (χ0n) is 8.64. The number of alkyl halides is 1. The monoisotopic (exact) mass is 225 g/mol. The number of halogens is 1. The van der Waals surface area contributed by atoms with Gasteiger partial charge in [-0.05, 0) is 6.07 Å². The third kappa shape index (κ3) is 2.19. The summed E-state index contributed by atoms with van der Waals surface area (Å²) in [4.78, 5) is 10.3. The number of hydrogen-bond acceptors (Lipinski definition) is 3. The van der Waals surface area contributed by atoms with E-state index in [0.717, 1.165) is 0 Å². The average Bonchev–Trinajstić information content (AvgIpc) is 2.29. The first kappa shape index (κ1) is 11.0. The Morgan fingerprint density at radius 1 is 1.44 bits per heavy atom. The summed E-state index contributed by atoms with van der Waals surface area (Å²) in [6.07, 6.45) is -0.856. The molecule has 1 aliphatic rings. The highest BCUT2D eigenvalue weighted by Gasteiger charge is 2.28. The topological polar surface area (TPSA) is 52.4 Å². The summed E-state index contributed by atoms with van der Waals surface area (Å²) >= 11 is 0. The van der Waals surface area contributed by atoms with Crippen LogP contribution in [0.15, 0.2) is 24.3 Å². The number of para-hydroxylation sites is 1. The van der Waals surface area contributed by atoms with Gasteiger partial charge in [0.05, 0.1) is 23.2 Å². The van der Waals surface area contributed by atoms with Crippen LogP contribution in [-0.2, 0) is 4.74 Å². The lowest BCUT2D eigenvalue weighted by Gasteiger charge is -2.25. The molecule has 0 saturated carbocycles. The molecule has 1 aromatic carbocycles. The maximum atomic E-state index is 13.2. The van der Waals surface area contributed by atoms with Crippen LogP contribution in [0.1, 0.15) is 24.5 Å². The Morgan fingerprint density at radius 2 is 2.19 bits per heavy atom. The van der Waals surface area contributed by atoms with Crippen molar-refractivity contribution in [2.75, 3.05) is 6.61 Å². The Hall–Kier alpha value is -1.49.